The Balaban J connectivity index is 1.86. The van der Waals surface area contributed by atoms with Gasteiger partial charge < -0.3 is 54.4 Å². The molecular formula is C40H65N11O7. The number of guanidine groups is 1. The van der Waals surface area contributed by atoms with Gasteiger partial charge in [-0.2, -0.15) is 0 Å². The molecule has 0 unspecified atom stereocenters. The minimum atomic E-state index is -1.14. The molecule has 0 aromatic heterocycles. The predicted octanol–water partition coefficient (Wildman–Crippen LogP) is -0.902. The molecule has 2 fully saturated rings. The summed E-state index contributed by atoms with van der Waals surface area (Å²) < 4.78 is 0. The van der Waals surface area contributed by atoms with Crippen LogP contribution in [0.25, 0.3) is 0 Å². The topological polar surface area (TPSA) is 294 Å². The molecule has 1 aromatic carbocycles. The lowest BCUT2D eigenvalue weighted by molar-refractivity contribution is -0.135. The lowest BCUT2D eigenvalue weighted by atomic mass is 10.00. The Kier molecular flexibility index (Phi) is 20.5. The summed E-state index contributed by atoms with van der Waals surface area (Å²) in [5.41, 5.74) is 17.5. The van der Waals surface area contributed by atoms with Crippen molar-refractivity contribution in [3.05, 3.63) is 35.9 Å². The molecule has 18 heteroatoms. The number of amides is 7. The van der Waals surface area contributed by atoms with Crippen LogP contribution in [0.5, 0.6) is 0 Å². The lowest BCUT2D eigenvalue weighted by Crippen LogP contribution is -2.59. The molecule has 1 saturated heterocycles. The van der Waals surface area contributed by atoms with Gasteiger partial charge in [0.25, 0.3) is 0 Å². The normalized spacial score (nSPS) is 20.7. The number of nitrogens with two attached hydrogens (primary N) is 3. The van der Waals surface area contributed by atoms with Crippen LogP contribution in [-0.4, -0.2) is 104 Å². The van der Waals surface area contributed by atoms with Crippen LogP contribution in [0.3, 0.4) is 0 Å². The molecule has 322 valence electrons. The fraction of sp³-hybridized carbons (Fsp3) is 0.650. The average Bonchev–Trinajstić information content (AvgIpc) is 4.00. The highest BCUT2D eigenvalue weighted by atomic mass is 16.2. The number of nitrogens with zero attached hydrogens (tertiary/aromatic N) is 1. The van der Waals surface area contributed by atoms with Gasteiger partial charge in [0.1, 0.15) is 30.2 Å². The fourth-order valence-electron chi connectivity index (χ4n) is 6.55. The van der Waals surface area contributed by atoms with Crippen LogP contribution in [0.2, 0.25) is 0 Å². The maximum atomic E-state index is 14.1. The van der Waals surface area contributed by atoms with Gasteiger partial charge in [-0.15, -0.1) is 0 Å². The van der Waals surface area contributed by atoms with Crippen LogP contribution in [0.4, 0.5) is 0 Å². The van der Waals surface area contributed by atoms with Crippen molar-refractivity contribution >= 4 is 47.3 Å². The Labute approximate surface area is 341 Å². The molecule has 58 heavy (non-hydrogen) atoms. The van der Waals surface area contributed by atoms with Crippen molar-refractivity contribution < 1.29 is 33.6 Å². The van der Waals surface area contributed by atoms with Crippen LogP contribution in [0.1, 0.15) is 96.5 Å². The van der Waals surface area contributed by atoms with Crippen molar-refractivity contribution in [3.63, 3.8) is 0 Å². The van der Waals surface area contributed by atoms with Crippen LogP contribution in [0, 0.1) is 11.8 Å². The highest BCUT2D eigenvalue weighted by Gasteiger charge is 2.33. The molecule has 5 atom stereocenters. The molecule has 18 nitrogen and oxygen atoms in total. The highest BCUT2D eigenvalue weighted by Crippen LogP contribution is 2.32. The van der Waals surface area contributed by atoms with E-state index in [2.05, 4.69) is 42.2 Å². The quantitative estimate of drug-likeness (QED) is 0.0467. The first kappa shape index (κ1) is 47.1. The second-order valence-corrected chi connectivity index (χ2v) is 15.6. The van der Waals surface area contributed by atoms with E-state index >= 15 is 0 Å². The second kappa shape index (κ2) is 25.2. The number of carbonyl (C=O) groups excluding carboxylic acids is 7. The van der Waals surface area contributed by atoms with Gasteiger partial charge in [-0.05, 0) is 94.6 Å². The van der Waals surface area contributed by atoms with Crippen molar-refractivity contribution in [3.8, 4) is 0 Å². The first-order valence-electron chi connectivity index (χ1n) is 20.6. The molecular weight excluding hydrogens is 747 g/mol. The Morgan fingerprint density at radius 3 is 2.17 bits per heavy atom. The maximum Gasteiger partial charge on any atom is 0.243 e. The van der Waals surface area contributed by atoms with E-state index in [1.807, 2.05) is 44.2 Å². The SMILES string of the molecule is CC(C)C[C@@H]1NC(=O)[C@@H](NC(=O)[C@H](CCCN=C(N)N)NC(=O)[C@H](CCCCN)NC(=O)CC2CC2)CCCCNC(=O)CNC(=O)[C@H](Cc2ccccc2)NC1=O. The summed E-state index contributed by atoms with van der Waals surface area (Å²) in [6.07, 6.45) is 5.52. The lowest BCUT2D eigenvalue weighted by Gasteiger charge is -2.28. The molecule has 2 aliphatic rings. The van der Waals surface area contributed by atoms with Crippen molar-refractivity contribution in [1.29, 1.82) is 0 Å². The molecule has 1 saturated carbocycles. The van der Waals surface area contributed by atoms with Gasteiger partial charge in [-0.3, -0.25) is 38.6 Å². The van der Waals surface area contributed by atoms with Crippen LogP contribution in [-0.2, 0) is 40.0 Å². The standard InChI is InChI=1S/C40H65N11O7/c1-25(2)21-31-39(58)51-32(22-26-11-4-3-5-12-26)35(54)46-24-34(53)44-19-9-7-14-29(38(57)50-31)48-37(56)30(15-10-20-45-40(42)43)49-36(55)28(13-6-8-18-41)47-33(52)23-27-16-17-27/h3-5,11-12,25,27-32H,6-10,13-24,41H2,1-2H3,(H,44,53)(H,46,54)(H,47,52)(H,48,56)(H,49,55)(H,50,57)(H,51,58)(H4,42,43,45)/t28-,29-,30-,31-,32-/m0/s1. The monoisotopic (exact) mass is 812 g/mol. The zero-order chi connectivity index (χ0) is 42.5. The first-order valence-corrected chi connectivity index (χ1v) is 20.6. The van der Waals surface area contributed by atoms with E-state index < -0.39 is 65.7 Å². The number of unbranched alkanes of at least 4 members (excludes halogenated alkanes) is 1. The van der Waals surface area contributed by atoms with Crippen molar-refractivity contribution in [2.75, 3.05) is 26.2 Å². The minimum Gasteiger partial charge on any atom is -0.370 e. The number of benzene rings is 1. The highest BCUT2D eigenvalue weighted by molar-refractivity contribution is 5.97. The number of rotatable bonds is 19. The molecule has 0 bridgehead atoms. The largest absolute Gasteiger partial charge is 0.370 e. The summed E-state index contributed by atoms with van der Waals surface area (Å²) in [5.74, 6) is -3.54. The average molecular weight is 812 g/mol. The third-order valence-corrected chi connectivity index (χ3v) is 9.90. The summed E-state index contributed by atoms with van der Waals surface area (Å²) in [6.45, 7) is 4.32. The third-order valence-electron chi connectivity index (χ3n) is 9.90. The van der Waals surface area contributed by atoms with Gasteiger partial charge in [-0.1, -0.05) is 44.2 Å². The number of aliphatic imine (C=N–C) groups is 1. The van der Waals surface area contributed by atoms with E-state index in [9.17, 15) is 33.6 Å². The number of hydrogen-bond donors (Lipinski definition) is 10. The van der Waals surface area contributed by atoms with E-state index in [0.717, 1.165) is 18.4 Å². The number of nitrogens with one attached hydrogen (secondary N) is 7. The summed E-state index contributed by atoms with van der Waals surface area (Å²) in [7, 11) is 0. The Bertz CT molecular complexity index is 1550. The second-order valence-electron chi connectivity index (χ2n) is 15.6. The van der Waals surface area contributed by atoms with E-state index in [-0.39, 0.29) is 63.1 Å². The van der Waals surface area contributed by atoms with Crippen molar-refractivity contribution in [1.82, 2.24) is 37.2 Å². The Hall–Kier alpha value is -5.26. The van der Waals surface area contributed by atoms with Crippen LogP contribution in [0.15, 0.2) is 35.3 Å². The Morgan fingerprint density at radius 2 is 1.50 bits per heavy atom. The maximum absolute atomic E-state index is 14.1. The molecule has 7 amide bonds. The molecule has 1 aromatic rings. The molecule has 1 aliphatic carbocycles. The van der Waals surface area contributed by atoms with Gasteiger partial charge in [0.2, 0.25) is 41.4 Å². The number of hydrogen-bond acceptors (Lipinski definition) is 9. The van der Waals surface area contributed by atoms with E-state index in [1.54, 1.807) is 0 Å². The van der Waals surface area contributed by atoms with E-state index in [4.69, 9.17) is 17.2 Å². The summed E-state index contributed by atoms with van der Waals surface area (Å²) in [6, 6.07) is 3.76. The van der Waals surface area contributed by atoms with Crippen molar-refractivity contribution in [2.45, 2.75) is 128 Å². The van der Waals surface area contributed by atoms with Gasteiger partial charge >= 0.3 is 0 Å². The summed E-state index contributed by atoms with van der Waals surface area (Å²) >= 11 is 0. The molecule has 1 aliphatic heterocycles. The van der Waals surface area contributed by atoms with Crippen LogP contribution >= 0.6 is 0 Å². The first-order chi connectivity index (χ1) is 27.7. The van der Waals surface area contributed by atoms with Gasteiger partial charge in [0, 0.05) is 25.9 Å². The molecule has 0 spiro atoms. The van der Waals surface area contributed by atoms with Crippen LogP contribution < -0.4 is 54.4 Å². The molecule has 13 N–H and O–H groups in total. The zero-order valence-corrected chi connectivity index (χ0v) is 34.0. The molecule has 1 heterocycles. The zero-order valence-electron chi connectivity index (χ0n) is 34.0. The molecule has 0 radical (unpaired) electrons. The fourth-order valence-corrected chi connectivity index (χ4v) is 6.55. The smallest absolute Gasteiger partial charge is 0.243 e. The summed E-state index contributed by atoms with van der Waals surface area (Å²) in [4.78, 5) is 98.4. The molecule has 3 rings (SSSR count). The van der Waals surface area contributed by atoms with Gasteiger partial charge in [-0.25, -0.2) is 0 Å². The van der Waals surface area contributed by atoms with Gasteiger partial charge in [0.15, 0.2) is 5.96 Å². The minimum absolute atomic E-state index is 0.0489. The van der Waals surface area contributed by atoms with E-state index in [0.29, 0.717) is 57.4 Å². The third kappa shape index (κ3) is 18.3. The predicted molar refractivity (Wildman–Crippen MR) is 219 cm³/mol. The van der Waals surface area contributed by atoms with Gasteiger partial charge in [0.05, 0.1) is 6.54 Å². The van der Waals surface area contributed by atoms with Crippen molar-refractivity contribution in [2.24, 2.45) is 34.0 Å². The van der Waals surface area contributed by atoms with E-state index in [1.165, 1.54) is 0 Å². The Morgan fingerprint density at radius 1 is 0.810 bits per heavy atom. The summed E-state index contributed by atoms with van der Waals surface area (Å²) in [5, 5.41) is 19.4. The number of carbonyl (C=O) groups is 7.